The molecule has 0 radical (unpaired) electrons. The molecule has 1 rings (SSSR count). The minimum absolute atomic E-state index is 0.00215. The number of rotatable bonds is 5. The lowest BCUT2D eigenvalue weighted by Crippen LogP contribution is -2.54. The highest BCUT2D eigenvalue weighted by Gasteiger charge is 2.53. The van der Waals surface area contributed by atoms with Crippen LogP contribution in [0.4, 0.5) is 0 Å². The van der Waals surface area contributed by atoms with Gasteiger partial charge in [-0.1, -0.05) is 12.5 Å². The summed E-state index contributed by atoms with van der Waals surface area (Å²) in [5.74, 6) is -1.25. The van der Waals surface area contributed by atoms with E-state index in [9.17, 15) is 14.7 Å². The van der Waals surface area contributed by atoms with Gasteiger partial charge < -0.3 is 10.0 Å². The van der Waals surface area contributed by atoms with Gasteiger partial charge in [0.05, 0.1) is 0 Å². The standard InChI is InChI=1S/C12H19NO3/c1-4-8-13(9(2)3)10(14)12(11(15)16)6-5-7-12/h4,9H,1,5-8H2,2-3H3,(H,15,16). The third kappa shape index (κ3) is 1.96. The van der Waals surface area contributed by atoms with Crippen LogP contribution in [0.2, 0.25) is 0 Å². The van der Waals surface area contributed by atoms with Crippen LogP contribution in [-0.2, 0) is 9.59 Å². The zero-order chi connectivity index (χ0) is 12.3. The van der Waals surface area contributed by atoms with Crippen molar-refractivity contribution in [3.05, 3.63) is 12.7 Å². The first kappa shape index (κ1) is 12.7. The molecular weight excluding hydrogens is 206 g/mol. The summed E-state index contributed by atoms with van der Waals surface area (Å²) in [5.41, 5.74) is -1.16. The topological polar surface area (TPSA) is 57.6 Å². The van der Waals surface area contributed by atoms with E-state index in [-0.39, 0.29) is 11.9 Å². The van der Waals surface area contributed by atoms with Crippen LogP contribution in [0.25, 0.3) is 0 Å². The van der Waals surface area contributed by atoms with Crippen molar-refractivity contribution >= 4 is 11.9 Å². The molecule has 16 heavy (non-hydrogen) atoms. The lowest BCUT2D eigenvalue weighted by atomic mass is 9.67. The molecule has 1 N–H and O–H groups in total. The summed E-state index contributed by atoms with van der Waals surface area (Å²) < 4.78 is 0. The van der Waals surface area contributed by atoms with E-state index in [1.165, 1.54) is 0 Å². The molecule has 0 aromatic rings. The van der Waals surface area contributed by atoms with Crippen molar-refractivity contribution < 1.29 is 14.7 Å². The Morgan fingerprint density at radius 3 is 2.31 bits per heavy atom. The molecular formula is C12H19NO3. The van der Waals surface area contributed by atoms with Crippen molar-refractivity contribution in [2.45, 2.75) is 39.2 Å². The van der Waals surface area contributed by atoms with Crippen LogP contribution in [0.1, 0.15) is 33.1 Å². The van der Waals surface area contributed by atoms with Gasteiger partial charge in [0.25, 0.3) is 0 Å². The van der Waals surface area contributed by atoms with Gasteiger partial charge in [0.1, 0.15) is 5.41 Å². The second-order valence-corrected chi connectivity index (χ2v) is 4.58. The zero-order valence-electron chi connectivity index (χ0n) is 9.90. The van der Waals surface area contributed by atoms with Gasteiger partial charge in [-0.15, -0.1) is 6.58 Å². The number of carboxylic acid groups (broad SMARTS) is 1. The number of hydrogen-bond donors (Lipinski definition) is 1. The largest absolute Gasteiger partial charge is 0.480 e. The number of carboxylic acids is 1. The fourth-order valence-electron chi connectivity index (χ4n) is 1.99. The molecule has 1 amide bonds. The van der Waals surface area contributed by atoms with Gasteiger partial charge in [0.15, 0.2) is 0 Å². The maximum absolute atomic E-state index is 12.2. The van der Waals surface area contributed by atoms with Crippen molar-refractivity contribution in [2.75, 3.05) is 6.54 Å². The van der Waals surface area contributed by atoms with Crippen molar-refractivity contribution in [1.82, 2.24) is 4.90 Å². The third-order valence-electron chi connectivity index (χ3n) is 3.24. The molecule has 0 spiro atoms. The molecule has 4 nitrogen and oxygen atoms in total. The Kier molecular flexibility index (Phi) is 3.73. The van der Waals surface area contributed by atoms with Gasteiger partial charge in [-0.05, 0) is 26.7 Å². The van der Waals surface area contributed by atoms with E-state index in [0.717, 1.165) is 6.42 Å². The monoisotopic (exact) mass is 225 g/mol. The molecule has 0 heterocycles. The first-order valence-corrected chi connectivity index (χ1v) is 5.61. The SMILES string of the molecule is C=CCN(C(=O)C1(C(=O)O)CCC1)C(C)C. The predicted octanol–water partition coefficient (Wildman–Crippen LogP) is 1.66. The van der Waals surface area contributed by atoms with Gasteiger partial charge in [-0.2, -0.15) is 0 Å². The zero-order valence-corrected chi connectivity index (χ0v) is 9.90. The Bertz CT molecular complexity index is 305. The summed E-state index contributed by atoms with van der Waals surface area (Å²) in [6.07, 6.45) is 3.37. The van der Waals surface area contributed by atoms with Crippen molar-refractivity contribution in [1.29, 1.82) is 0 Å². The smallest absolute Gasteiger partial charge is 0.319 e. The molecule has 4 heteroatoms. The Labute approximate surface area is 95.9 Å². The highest BCUT2D eigenvalue weighted by atomic mass is 16.4. The molecule has 1 aliphatic rings. The lowest BCUT2D eigenvalue weighted by Gasteiger charge is -2.41. The quantitative estimate of drug-likeness (QED) is 0.572. The molecule has 0 atom stereocenters. The molecule has 0 unspecified atom stereocenters. The van der Waals surface area contributed by atoms with Gasteiger partial charge in [-0.25, -0.2) is 0 Å². The first-order valence-electron chi connectivity index (χ1n) is 5.61. The molecule has 1 aliphatic carbocycles. The Hall–Kier alpha value is -1.32. The molecule has 0 bridgehead atoms. The maximum Gasteiger partial charge on any atom is 0.319 e. The number of aliphatic carboxylic acids is 1. The second kappa shape index (κ2) is 4.68. The lowest BCUT2D eigenvalue weighted by molar-refractivity contribution is -0.168. The summed E-state index contributed by atoms with van der Waals surface area (Å²) in [6.45, 7) is 7.77. The van der Waals surface area contributed by atoms with E-state index >= 15 is 0 Å². The van der Waals surface area contributed by atoms with Gasteiger partial charge in [0.2, 0.25) is 5.91 Å². The summed E-state index contributed by atoms with van der Waals surface area (Å²) in [6, 6.07) is 0.00215. The van der Waals surface area contributed by atoms with Crippen LogP contribution in [-0.4, -0.2) is 34.5 Å². The van der Waals surface area contributed by atoms with Crippen LogP contribution in [0.5, 0.6) is 0 Å². The molecule has 1 saturated carbocycles. The molecule has 90 valence electrons. The van der Waals surface area contributed by atoms with E-state index in [4.69, 9.17) is 0 Å². The number of nitrogens with zero attached hydrogens (tertiary/aromatic N) is 1. The van der Waals surface area contributed by atoms with E-state index < -0.39 is 11.4 Å². The van der Waals surface area contributed by atoms with Crippen LogP contribution in [0.15, 0.2) is 12.7 Å². The summed E-state index contributed by atoms with van der Waals surface area (Å²) >= 11 is 0. The normalized spacial score (nSPS) is 17.7. The minimum Gasteiger partial charge on any atom is -0.480 e. The maximum atomic E-state index is 12.2. The number of amides is 1. The number of hydrogen-bond acceptors (Lipinski definition) is 2. The van der Waals surface area contributed by atoms with Gasteiger partial charge in [0, 0.05) is 12.6 Å². The van der Waals surface area contributed by atoms with Crippen molar-refractivity contribution in [3.8, 4) is 0 Å². The second-order valence-electron chi connectivity index (χ2n) is 4.58. The van der Waals surface area contributed by atoms with E-state index in [1.807, 2.05) is 13.8 Å². The fourth-order valence-corrected chi connectivity index (χ4v) is 1.99. The third-order valence-corrected chi connectivity index (χ3v) is 3.24. The van der Waals surface area contributed by atoms with Crippen LogP contribution in [0, 0.1) is 5.41 Å². The molecule has 0 saturated heterocycles. The van der Waals surface area contributed by atoms with E-state index in [0.29, 0.717) is 19.4 Å². The minimum atomic E-state index is -1.16. The Balaban J connectivity index is 2.88. The first-order chi connectivity index (χ1) is 7.45. The molecule has 0 aromatic carbocycles. The fraction of sp³-hybridized carbons (Fsp3) is 0.667. The summed E-state index contributed by atoms with van der Waals surface area (Å²) in [4.78, 5) is 25.0. The molecule has 0 aromatic heterocycles. The molecule has 1 fully saturated rings. The number of carbonyl (C=O) groups excluding carboxylic acids is 1. The van der Waals surface area contributed by atoms with Gasteiger partial charge >= 0.3 is 5.97 Å². The van der Waals surface area contributed by atoms with Crippen LogP contribution >= 0.6 is 0 Å². The summed E-state index contributed by atoms with van der Waals surface area (Å²) in [5, 5.41) is 9.18. The average Bonchev–Trinajstić information content (AvgIpc) is 2.10. The van der Waals surface area contributed by atoms with E-state index in [2.05, 4.69) is 6.58 Å². The Morgan fingerprint density at radius 1 is 1.50 bits per heavy atom. The van der Waals surface area contributed by atoms with Gasteiger partial charge in [-0.3, -0.25) is 9.59 Å². The Morgan fingerprint density at radius 2 is 2.06 bits per heavy atom. The number of carbonyl (C=O) groups is 2. The molecule has 0 aliphatic heterocycles. The van der Waals surface area contributed by atoms with Crippen molar-refractivity contribution in [3.63, 3.8) is 0 Å². The average molecular weight is 225 g/mol. The van der Waals surface area contributed by atoms with Crippen LogP contribution < -0.4 is 0 Å². The highest BCUT2D eigenvalue weighted by Crippen LogP contribution is 2.43. The highest BCUT2D eigenvalue weighted by molar-refractivity contribution is 6.03. The predicted molar refractivity (Wildman–Crippen MR) is 61.0 cm³/mol. The van der Waals surface area contributed by atoms with E-state index in [1.54, 1.807) is 11.0 Å². The van der Waals surface area contributed by atoms with Crippen LogP contribution in [0.3, 0.4) is 0 Å². The van der Waals surface area contributed by atoms with Crippen molar-refractivity contribution in [2.24, 2.45) is 5.41 Å². The summed E-state index contributed by atoms with van der Waals surface area (Å²) in [7, 11) is 0.